The fourth-order valence-electron chi connectivity index (χ4n) is 1.78. The summed E-state index contributed by atoms with van der Waals surface area (Å²) in [4.78, 5) is 11.7. The highest BCUT2D eigenvalue weighted by atomic mass is 35.5. The van der Waals surface area contributed by atoms with Gasteiger partial charge in [-0.15, -0.1) is 0 Å². The quantitative estimate of drug-likeness (QED) is 0.770. The largest absolute Gasteiger partial charge is 0.458 e. The van der Waals surface area contributed by atoms with Gasteiger partial charge in [-0.25, -0.2) is 4.79 Å². The molecule has 0 N–H and O–H groups in total. The molecule has 0 atom stereocenters. The van der Waals surface area contributed by atoms with Crippen molar-refractivity contribution >= 4 is 40.7 Å². The zero-order chi connectivity index (χ0) is 11.5. The number of carbonyl (C=O) groups is 1. The minimum absolute atomic E-state index is 0.0118. The van der Waals surface area contributed by atoms with E-state index in [0.717, 1.165) is 37.2 Å². The minimum Gasteiger partial charge on any atom is -0.458 e. The molecule has 16 heavy (non-hydrogen) atoms. The van der Waals surface area contributed by atoms with E-state index in [1.54, 1.807) is 0 Å². The zero-order valence-electron chi connectivity index (χ0n) is 8.54. The van der Waals surface area contributed by atoms with E-state index in [1.807, 2.05) is 0 Å². The molecule has 3 nitrogen and oxygen atoms in total. The zero-order valence-corrected chi connectivity index (χ0v) is 10.9. The van der Waals surface area contributed by atoms with Gasteiger partial charge in [-0.2, -0.15) is 4.37 Å². The van der Waals surface area contributed by atoms with Crippen LogP contribution in [0.4, 0.5) is 0 Å². The van der Waals surface area contributed by atoms with Crippen molar-refractivity contribution in [2.24, 2.45) is 0 Å². The van der Waals surface area contributed by atoms with Crippen LogP contribution in [-0.2, 0) is 4.74 Å². The van der Waals surface area contributed by atoms with Gasteiger partial charge in [0.25, 0.3) is 0 Å². The second kappa shape index (κ2) is 5.34. The second-order valence-corrected chi connectivity index (χ2v) is 5.54. The summed E-state index contributed by atoms with van der Waals surface area (Å²) in [6, 6.07) is 0. The van der Waals surface area contributed by atoms with Crippen LogP contribution in [0, 0.1) is 0 Å². The van der Waals surface area contributed by atoms with Gasteiger partial charge in [0, 0.05) is 0 Å². The Bertz CT molecular complexity index is 388. The molecule has 0 aromatic carbocycles. The van der Waals surface area contributed by atoms with Crippen molar-refractivity contribution in [1.82, 2.24) is 4.37 Å². The monoisotopic (exact) mass is 279 g/mol. The van der Waals surface area contributed by atoms with Crippen LogP contribution in [0.1, 0.15) is 42.6 Å². The number of nitrogens with zero attached hydrogens (tertiary/aromatic N) is 1. The molecule has 0 unspecified atom stereocenters. The lowest BCUT2D eigenvalue weighted by Gasteiger charge is -2.21. The van der Waals surface area contributed by atoms with Crippen molar-refractivity contribution in [2.45, 2.75) is 38.2 Å². The van der Waals surface area contributed by atoms with Crippen LogP contribution >= 0.6 is 34.7 Å². The molecule has 0 bridgehead atoms. The van der Waals surface area contributed by atoms with Crippen molar-refractivity contribution in [1.29, 1.82) is 0 Å². The molecule has 1 aromatic heterocycles. The number of aromatic nitrogens is 1. The standard InChI is InChI=1S/C10H11Cl2NO2S/c11-7-8(13-16-9(7)12)10(14)15-6-4-2-1-3-5-6/h6H,1-5H2. The smallest absolute Gasteiger partial charge is 0.359 e. The van der Waals surface area contributed by atoms with Crippen molar-refractivity contribution in [3.05, 3.63) is 15.1 Å². The van der Waals surface area contributed by atoms with Gasteiger partial charge < -0.3 is 4.74 Å². The highest BCUT2D eigenvalue weighted by molar-refractivity contribution is 7.11. The molecule has 1 saturated carbocycles. The molecular formula is C10H11Cl2NO2S. The first-order chi connectivity index (χ1) is 7.68. The summed E-state index contributed by atoms with van der Waals surface area (Å²) in [6.45, 7) is 0. The number of carbonyl (C=O) groups excluding carboxylic acids is 1. The van der Waals surface area contributed by atoms with Crippen LogP contribution in [0.3, 0.4) is 0 Å². The van der Waals surface area contributed by atoms with Crippen LogP contribution < -0.4 is 0 Å². The number of esters is 1. The van der Waals surface area contributed by atoms with Gasteiger partial charge in [-0.3, -0.25) is 0 Å². The third-order valence-corrected chi connectivity index (χ3v) is 4.23. The van der Waals surface area contributed by atoms with Gasteiger partial charge >= 0.3 is 5.97 Å². The molecular weight excluding hydrogens is 269 g/mol. The van der Waals surface area contributed by atoms with Crippen molar-refractivity contribution in [2.75, 3.05) is 0 Å². The number of hydrogen-bond donors (Lipinski definition) is 0. The van der Waals surface area contributed by atoms with Crippen LogP contribution in [-0.4, -0.2) is 16.4 Å². The summed E-state index contributed by atoms with van der Waals surface area (Å²) >= 11 is 12.6. The number of halogens is 2. The topological polar surface area (TPSA) is 39.2 Å². The average Bonchev–Trinajstić information content (AvgIpc) is 2.61. The summed E-state index contributed by atoms with van der Waals surface area (Å²) in [5.41, 5.74) is 0.141. The van der Waals surface area contributed by atoms with Gasteiger partial charge in [0.15, 0.2) is 5.69 Å². The molecule has 0 saturated heterocycles. The van der Waals surface area contributed by atoms with Crippen LogP contribution in [0.2, 0.25) is 9.36 Å². The maximum absolute atomic E-state index is 11.7. The molecule has 1 aliphatic rings. The Morgan fingerprint density at radius 2 is 2.00 bits per heavy atom. The molecule has 1 aliphatic carbocycles. The minimum atomic E-state index is -0.458. The van der Waals surface area contributed by atoms with E-state index in [9.17, 15) is 4.79 Å². The van der Waals surface area contributed by atoms with Crippen molar-refractivity contribution in [3.8, 4) is 0 Å². The number of hydrogen-bond acceptors (Lipinski definition) is 4. The van der Waals surface area contributed by atoms with Crippen LogP contribution in [0.5, 0.6) is 0 Å². The first-order valence-electron chi connectivity index (χ1n) is 5.20. The Morgan fingerprint density at radius 1 is 1.31 bits per heavy atom. The molecule has 0 spiro atoms. The van der Waals surface area contributed by atoms with Crippen LogP contribution in [0.15, 0.2) is 0 Å². The third kappa shape index (κ3) is 2.67. The Kier molecular flexibility index (Phi) is 4.05. The number of rotatable bonds is 2. The van der Waals surface area contributed by atoms with E-state index in [2.05, 4.69) is 4.37 Å². The molecule has 1 fully saturated rings. The molecule has 1 heterocycles. The van der Waals surface area contributed by atoms with E-state index >= 15 is 0 Å². The van der Waals surface area contributed by atoms with Gasteiger partial charge in [0.05, 0.1) is 0 Å². The van der Waals surface area contributed by atoms with Crippen molar-refractivity contribution < 1.29 is 9.53 Å². The molecule has 1 aromatic rings. The van der Waals surface area contributed by atoms with Crippen molar-refractivity contribution in [3.63, 3.8) is 0 Å². The third-order valence-electron chi connectivity index (χ3n) is 2.62. The molecule has 2 rings (SSSR count). The van der Waals surface area contributed by atoms with E-state index in [-0.39, 0.29) is 16.8 Å². The summed E-state index contributed by atoms with van der Waals surface area (Å²) in [5, 5.41) is 0.201. The Hall–Kier alpha value is -0.320. The maximum Gasteiger partial charge on any atom is 0.359 e. The summed E-state index contributed by atoms with van der Waals surface area (Å²) in [5.74, 6) is -0.458. The van der Waals surface area contributed by atoms with E-state index < -0.39 is 5.97 Å². The normalized spacial score (nSPS) is 17.4. The SMILES string of the molecule is O=C(OC1CCCCC1)c1nsc(Cl)c1Cl. The highest BCUT2D eigenvalue weighted by Gasteiger charge is 2.23. The summed E-state index contributed by atoms with van der Waals surface area (Å²) < 4.78 is 9.55. The summed E-state index contributed by atoms with van der Waals surface area (Å²) in [7, 11) is 0. The lowest BCUT2D eigenvalue weighted by atomic mass is 9.98. The second-order valence-electron chi connectivity index (χ2n) is 3.78. The number of ether oxygens (including phenoxy) is 1. The fraction of sp³-hybridized carbons (Fsp3) is 0.600. The van der Waals surface area contributed by atoms with Crippen LogP contribution in [0.25, 0.3) is 0 Å². The first kappa shape index (κ1) is 12.1. The molecule has 0 amide bonds. The Labute approximate surface area is 108 Å². The Balaban J connectivity index is 1.99. The lowest BCUT2D eigenvalue weighted by Crippen LogP contribution is -2.21. The average molecular weight is 280 g/mol. The first-order valence-corrected chi connectivity index (χ1v) is 6.73. The molecule has 88 valence electrons. The predicted octanol–water partition coefficient (Wildman–Crippen LogP) is 3.94. The van der Waals surface area contributed by atoms with E-state index in [1.165, 1.54) is 6.42 Å². The fourth-order valence-corrected chi connectivity index (χ4v) is 2.76. The van der Waals surface area contributed by atoms with Gasteiger partial charge in [-0.05, 0) is 37.2 Å². The Morgan fingerprint density at radius 3 is 2.56 bits per heavy atom. The van der Waals surface area contributed by atoms with E-state index in [0.29, 0.717) is 4.34 Å². The van der Waals surface area contributed by atoms with E-state index in [4.69, 9.17) is 27.9 Å². The van der Waals surface area contributed by atoms with Gasteiger partial charge in [0.1, 0.15) is 15.5 Å². The van der Waals surface area contributed by atoms with Gasteiger partial charge in [-0.1, -0.05) is 29.6 Å². The molecule has 0 radical (unpaired) electrons. The predicted molar refractivity (Wildman–Crippen MR) is 64.4 cm³/mol. The molecule has 0 aliphatic heterocycles. The summed E-state index contributed by atoms with van der Waals surface area (Å²) in [6.07, 6.45) is 5.32. The van der Waals surface area contributed by atoms with Gasteiger partial charge in [0.2, 0.25) is 0 Å². The maximum atomic E-state index is 11.7. The lowest BCUT2D eigenvalue weighted by molar-refractivity contribution is 0.0206. The highest BCUT2D eigenvalue weighted by Crippen LogP contribution is 2.30. The molecule has 6 heteroatoms.